The summed E-state index contributed by atoms with van der Waals surface area (Å²) in [5, 5.41) is 12.4. The molecule has 1 saturated carbocycles. The zero-order valence-corrected chi connectivity index (χ0v) is 11.0. The lowest BCUT2D eigenvalue weighted by atomic mass is 9.96. The third-order valence-corrected chi connectivity index (χ3v) is 3.63. The number of nitrogens with one attached hydrogen (secondary N) is 1. The summed E-state index contributed by atoms with van der Waals surface area (Å²) in [4.78, 5) is 11.9. The zero-order valence-electron chi connectivity index (χ0n) is 11.0. The lowest BCUT2D eigenvalue weighted by Gasteiger charge is -2.28. The van der Waals surface area contributed by atoms with Crippen LogP contribution >= 0.6 is 0 Å². The summed E-state index contributed by atoms with van der Waals surface area (Å²) in [5.74, 6) is 2.10. The molecule has 0 spiro atoms. The second kappa shape index (κ2) is 5.14. The van der Waals surface area contributed by atoms with E-state index in [0.717, 1.165) is 24.4 Å². The first-order valence-electron chi connectivity index (χ1n) is 6.51. The highest BCUT2D eigenvalue weighted by Gasteiger charge is 2.41. The fourth-order valence-corrected chi connectivity index (χ4v) is 2.23. The summed E-state index contributed by atoms with van der Waals surface area (Å²) in [6, 6.07) is 3.80. The summed E-state index contributed by atoms with van der Waals surface area (Å²) >= 11 is 0. The molecule has 1 atom stereocenters. The molecule has 4 heteroatoms. The SMILES string of the molecule is Cc1ccc(CCC(=O)N[C@](C)(CO)C2CC2)o1. The Labute approximate surface area is 107 Å². The molecular formula is C14H21NO3. The normalized spacial score (nSPS) is 18.4. The van der Waals surface area contributed by atoms with Crippen LogP contribution in [-0.4, -0.2) is 23.2 Å². The van der Waals surface area contributed by atoms with Crippen LogP contribution in [0.3, 0.4) is 0 Å². The van der Waals surface area contributed by atoms with E-state index in [1.807, 2.05) is 26.0 Å². The monoisotopic (exact) mass is 251 g/mol. The van der Waals surface area contributed by atoms with Gasteiger partial charge in [0.2, 0.25) is 5.91 Å². The molecule has 1 heterocycles. The van der Waals surface area contributed by atoms with Gasteiger partial charge in [0.15, 0.2) is 0 Å². The molecule has 100 valence electrons. The molecule has 1 fully saturated rings. The molecule has 1 aromatic rings. The number of carbonyl (C=O) groups excluding carboxylic acids is 1. The minimum atomic E-state index is -0.448. The molecule has 0 aromatic carbocycles. The quantitative estimate of drug-likeness (QED) is 0.810. The molecule has 1 amide bonds. The van der Waals surface area contributed by atoms with Crippen molar-refractivity contribution < 1.29 is 14.3 Å². The fraction of sp³-hybridized carbons (Fsp3) is 0.643. The highest BCUT2D eigenvalue weighted by Crippen LogP contribution is 2.39. The summed E-state index contributed by atoms with van der Waals surface area (Å²) in [7, 11) is 0. The number of aryl methyl sites for hydroxylation is 2. The van der Waals surface area contributed by atoms with Crippen LogP contribution in [0.15, 0.2) is 16.5 Å². The van der Waals surface area contributed by atoms with Crippen LogP contribution in [0.4, 0.5) is 0 Å². The second-order valence-electron chi connectivity index (χ2n) is 5.41. The van der Waals surface area contributed by atoms with E-state index in [2.05, 4.69) is 5.32 Å². The van der Waals surface area contributed by atoms with E-state index in [-0.39, 0.29) is 12.5 Å². The van der Waals surface area contributed by atoms with Gasteiger partial charge in [-0.05, 0) is 44.7 Å². The number of hydrogen-bond acceptors (Lipinski definition) is 3. The summed E-state index contributed by atoms with van der Waals surface area (Å²) in [5.41, 5.74) is -0.448. The number of aliphatic hydroxyl groups excluding tert-OH is 1. The van der Waals surface area contributed by atoms with E-state index in [0.29, 0.717) is 18.8 Å². The van der Waals surface area contributed by atoms with Crippen LogP contribution < -0.4 is 5.32 Å². The lowest BCUT2D eigenvalue weighted by molar-refractivity contribution is -0.123. The highest BCUT2D eigenvalue weighted by atomic mass is 16.3. The van der Waals surface area contributed by atoms with Gasteiger partial charge >= 0.3 is 0 Å². The van der Waals surface area contributed by atoms with Gasteiger partial charge in [0.25, 0.3) is 0 Å². The molecule has 4 nitrogen and oxygen atoms in total. The first-order chi connectivity index (χ1) is 8.53. The van der Waals surface area contributed by atoms with Crippen LogP contribution in [0.25, 0.3) is 0 Å². The van der Waals surface area contributed by atoms with Gasteiger partial charge in [-0.3, -0.25) is 4.79 Å². The third-order valence-electron chi connectivity index (χ3n) is 3.63. The van der Waals surface area contributed by atoms with Gasteiger partial charge in [-0.15, -0.1) is 0 Å². The Morgan fingerprint density at radius 1 is 1.56 bits per heavy atom. The summed E-state index contributed by atoms with van der Waals surface area (Å²) < 4.78 is 5.42. The van der Waals surface area contributed by atoms with Crippen LogP contribution in [-0.2, 0) is 11.2 Å². The van der Waals surface area contributed by atoms with Crippen molar-refractivity contribution in [1.29, 1.82) is 0 Å². The van der Waals surface area contributed by atoms with Crippen molar-refractivity contribution in [2.45, 2.75) is 45.1 Å². The maximum absolute atomic E-state index is 11.9. The summed E-state index contributed by atoms with van der Waals surface area (Å²) in [6.07, 6.45) is 3.19. The average Bonchev–Trinajstić information content (AvgIpc) is 3.11. The Balaban J connectivity index is 1.81. The third kappa shape index (κ3) is 3.13. The van der Waals surface area contributed by atoms with Crippen molar-refractivity contribution >= 4 is 5.91 Å². The average molecular weight is 251 g/mol. The predicted molar refractivity (Wildman–Crippen MR) is 68.1 cm³/mol. The molecule has 1 aliphatic rings. The van der Waals surface area contributed by atoms with E-state index in [1.165, 1.54) is 0 Å². The molecule has 0 unspecified atom stereocenters. The molecule has 0 aliphatic heterocycles. The smallest absolute Gasteiger partial charge is 0.220 e. The number of furan rings is 1. The van der Waals surface area contributed by atoms with Crippen LogP contribution in [0.5, 0.6) is 0 Å². The lowest BCUT2D eigenvalue weighted by Crippen LogP contribution is -2.50. The number of amides is 1. The predicted octanol–water partition coefficient (Wildman–Crippen LogP) is 1.80. The molecule has 0 bridgehead atoms. The van der Waals surface area contributed by atoms with Crippen molar-refractivity contribution in [3.63, 3.8) is 0 Å². The minimum absolute atomic E-state index is 0.00324. The fourth-order valence-electron chi connectivity index (χ4n) is 2.23. The van der Waals surface area contributed by atoms with Crippen LogP contribution in [0.2, 0.25) is 0 Å². The molecular weight excluding hydrogens is 230 g/mol. The maximum atomic E-state index is 11.9. The van der Waals surface area contributed by atoms with Gasteiger partial charge in [-0.25, -0.2) is 0 Å². The van der Waals surface area contributed by atoms with E-state index < -0.39 is 5.54 Å². The van der Waals surface area contributed by atoms with Gasteiger partial charge in [0.1, 0.15) is 11.5 Å². The Kier molecular flexibility index (Phi) is 3.76. The van der Waals surface area contributed by atoms with E-state index in [1.54, 1.807) is 0 Å². The number of carbonyl (C=O) groups is 1. The summed E-state index contributed by atoms with van der Waals surface area (Å²) in [6.45, 7) is 3.81. The van der Waals surface area contributed by atoms with Crippen molar-refractivity contribution in [2.24, 2.45) is 5.92 Å². The van der Waals surface area contributed by atoms with Crippen molar-refractivity contribution in [3.8, 4) is 0 Å². The highest BCUT2D eigenvalue weighted by molar-refractivity contribution is 5.77. The number of hydrogen-bond donors (Lipinski definition) is 2. The zero-order chi connectivity index (χ0) is 13.2. The van der Waals surface area contributed by atoms with Crippen molar-refractivity contribution in [1.82, 2.24) is 5.32 Å². The second-order valence-corrected chi connectivity index (χ2v) is 5.41. The standard InChI is InChI=1S/C14H21NO3/c1-10-3-6-12(18-10)7-8-13(17)15-14(2,9-16)11-4-5-11/h3,6,11,16H,4-5,7-9H2,1-2H3,(H,15,17)/t14-/m1/s1. The minimum Gasteiger partial charge on any atom is -0.466 e. The largest absolute Gasteiger partial charge is 0.466 e. The van der Waals surface area contributed by atoms with Crippen molar-refractivity contribution in [3.05, 3.63) is 23.7 Å². The van der Waals surface area contributed by atoms with Gasteiger partial charge in [-0.1, -0.05) is 0 Å². The molecule has 0 radical (unpaired) electrons. The van der Waals surface area contributed by atoms with Gasteiger partial charge in [-0.2, -0.15) is 0 Å². The molecule has 18 heavy (non-hydrogen) atoms. The van der Waals surface area contributed by atoms with E-state index >= 15 is 0 Å². The molecule has 1 aliphatic carbocycles. The van der Waals surface area contributed by atoms with E-state index in [9.17, 15) is 9.90 Å². The molecule has 0 saturated heterocycles. The Bertz CT molecular complexity index is 422. The Hall–Kier alpha value is -1.29. The van der Waals surface area contributed by atoms with Gasteiger partial charge in [0, 0.05) is 12.8 Å². The molecule has 2 rings (SSSR count). The topological polar surface area (TPSA) is 62.5 Å². The van der Waals surface area contributed by atoms with Gasteiger partial charge in [0.05, 0.1) is 12.1 Å². The van der Waals surface area contributed by atoms with Gasteiger partial charge < -0.3 is 14.8 Å². The Morgan fingerprint density at radius 3 is 2.78 bits per heavy atom. The number of aliphatic hydroxyl groups is 1. The first kappa shape index (κ1) is 13.1. The van der Waals surface area contributed by atoms with Crippen molar-refractivity contribution in [2.75, 3.05) is 6.61 Å². The molecule has 2 N–H and O–H groups in total. The van der Waals surface area contributed by atoms with Crippen LogP contribution in [0, 0.1) is 12.8 Å². The van der Waals surface area contributed by atoms with Crippen LogP contribution in [0.1, 0.15) is 37.7 Å². The Morgan fingerprint density at radius 2 is 2.28 bits per heavy atom. The van der Waals surface area contributed by atoms with E-state index in [4.69, 9.17) is 4.42 Å². The number of rotatable bonds is 6. The first-order valence-corrected chi connectivity index (χ1v) is 6.51. The molecule has 1 aromatic heterocycles. The maximum Gasteiger partial charge on any atom is 0.220 e.